The van der Waals surface area contributed by atoms with Crippen molar-refractivity contribution >= 4 is 32.2 Å². The van der Waals surface area contributed by atoms with E-state index in [0.717, 1.165) is 29.5 Å². The van der Waals surface area contributed by atoms with Crippen molar-refractivity contribution in [1.82, 2.24) is 9.97 Å². The highest BCUT2D eigenvalue weighted by Gasteiger charge is 2.32. The summed E-state index contributed by atoms with van der Waals surface area (Å²) in [5.41, 5.74) is 1.02. The van der Waals surface area contributed by atoms with Gasteiger partial charge in [0.25, 0.3) is 0 Å². The van der Waals surface area contributed by atoms with Gasteiger partial charge in [-0.2, -0.15) is 0 Å². The Hall–Kier alpha value is -2.70. The van der Waals surface area contributed by atoms with E-state index in [1.54, 1.807) is 29.9 Å². The third kappa shape index (κ3) is 4.93. The summed E-state index contributed by atoms with van der Waals surface area (Å²) in [5, 5.41) is 9.58. The fourth-order valence-electron chi connectivity index (χ4n) is 2.09. The number of aromatic nitrogens is 2. The normalized spacial score (nSPS) is 12.0. The molecule has 0 aliphatic heterocycles. The van der Waals surface area contributed by atoms with Gasteiger partial charge < -0.3 is 10.1 Å². The number of sulfonamides is 1. The molecule has 0 amide bonds. The van der Waals surface area contributed by atoms with E-state index in [1.165, 1.54) is 0 Å². The molecule has 0 unspecified atom stereocenters. The Morgan fingerprint density at radius 2 is 2.00 bits per heavy atom. The lowest BCUT2D eigenvalue weighted by atomic mass is 10.2. The second-order valence-electron chi connectivity index (χ2n) is 5.16. The van der Waals surface area contributed by atoms with Gasteiger partial charge in [0, 0.05) is 23.3 Å². The highest BCUT2D eigenvalue weighted by atomic mass is 32.2. The molecule has 0 radical (unpaired) electrons. The zero-order chi connectivity index (χ0) is 19.7. The van der Waals surface area contributed by atoms with Gasteiger partial charge in [-0.15, -0.1) is 24.5 Å². The van der Waals surface area contributed by atoms with Crippen LogP contribution in [0.5, 0.6) is 5.75 Å². The molecular weight excluding hydrogens is 405 g/mol. The summed E-state index contributed by atoms with van der Waals surface area (Å²) in [6.07, 6.45) is -1.78. The predicted octanol–water partition coefficient (Wildman–Crippen LogP) is 3.49. The second kappa shape index (κ2) is 7.13. The van der Waals surface area contributed by atoms with Crippen LogP contribution >= 0.6 is 11.3 Å². The van der Waals surface area contributed by atoms with Gasteiger partial charge in [0.05, 0.1) is 16.3 Å². The first-order valence-electron chi connectivity index (χ1n) is 7.17. The zero-order valence-electron chi connectivity index (χ0n) is 13.3. The first-order valence-corrected chi connectivity index (χ1v) is 9.60. The molecule has 3 rings (SSSR count). The first kappa shape index (κ1) is 19.1. The number of pyridine rings is 1. The molecule has 0 atom stereocenters. The molecule has 3 aromatic rings. The largest absolute Gasteiger partial charge is 0.573 e. The van der Waals surface area contributed by atoms with E-state index in [4.69, 9.17) is 5.14 Å². The number of nitrogens with one attached hydrogen (secondary N) is 1. The molecule has 1 aromatic carbocycles. The summed E-state index contributed by atoms with van der Waals surface area (Å²) >= 11 is 1.11. The Labute approximate surface area is 155 Å². The summed E-state index contributed by atoms with van der Waals surface area (Å²) in [7, 11) is -4.12. The van der Waals surface area contributed by atoms with Gasteiger partial charge in [-0.3, -0.25) is 4.98 Å². The highest BCUT2D eigenvalue weighted by molar-refractivity contribution is 7.89. The number of ether oxygens (including phenoxy) is 1. The van der Waals surface area contributed by atoms with Gasteiger partial charge in [-0.1, -0.05) is 0 Å². The molecular formula is C15H11F3N4O3S2. The molecule has 3 N–H and O–H groups in total. The Bertz CT molecular complexity index is 1050. The molecule has 0 aliphatic rings. The molecule has 0 spiro atoms. The number of hydrogen-bond donors (Lipinski definition) is 2. The average Bonchev–Trinajstić information content (AvgIpc) is 3.03. The number of halogens is 3. The topological polar surface area (TPSA) is 107 Å². The lowest BCUT2D eigenvalue weighted by molar-refractivity contribution is -0.274. The second-order valence-corrected chi connectivity index (χ2v) is 7.57. The summed E-state index contributed by atoms with van der Waals surface area (Å²) < 4.78 is 64.7. The van der Waals surface area contributed by atoms with Crippen molar-refractivity contribution in [2.24, 2.45) is 5.14 Å². The van der Waals surface area contributed by atoms with Crippen LogP contribution in [0, 0.1) is 0 Å². The molecule has 2 aromatic heterocycles. The van der Waals surface area contributed by atoms with Crippen LogP contribution < -0.4 is 15.2 Å². The highest BCUT2D eigenvalue weighted by Crippen LogP contribution is 2.35. The van der Waals surface area contributed by atoms with Crippen LogP contribution in [-0.2, 0) is 10.0 Å². The van der Waals surface area contributed by atoms with Crippen LogP contribution in [0.1, 0.15) is 0 Å². The van der Waals surface area contributed by atoms with Crippen molar-refractivity contribution in [3.63, 3.8) is 0 Å². The number of anilines is 2. The van der Waals surface area contributed by atoms with Crippen molar-refractivity contribution in [2.75, 3.05) is 5.32 Å². The first-order chi connectivity index (χ1) is 12.6. The molecule has 0 bridgehead atoms. The van der Waals surface area contributed by atoms with E-state index >= 15 is 0 Å². The van der Waals surface area contributed by atoms with Crippen LogP contribution in [0.4, 0.5) is 24.0 Å². The number of nitrogens with two attached hydrogens (primary N) is 1. The Morgan fingerprint density at radius 1 is 1.22 bits per heavy atom. The number of hydrogen-bond acceptors (Lipinski definition) is 7. The molecule has 2 heterocycles. The van der Waals surface area contributed by atoms with E-state index in [2.05, 4.69) is 20.0 Å². The third-order valence-corrected chi connectivity index (χ3v) is 4.88. The minimum atomic E-state index is -4.96. The van der Waals surface area contributed by atoms with Crippen molar-refractivity contribution in [1.29, 1.82) is 0 Å². The fourth-order valence-corrected chi connectivity index (χ4v) is 3.36. The van der Waals surface area contributed by atoms with E-state index in [1.807, 2.05) is 0 Å². The maximum absolute atomic E-state index is 12.6. The van der Waals surface area contributed by atoms with Gasteiger partial charge in [0.15, 0.2) is 10.9 Å². The van der Waals surface area contributed by atoms with Gasteiger partial charge in [-0.25, -0.2) is 18.5 Å². The Morgan fingerprint density at radius 3 is 2.63 bits per heavy atom. The lowest BCUT2D eigenvalue weighted by Crippen LogP contribution is -2.18. The Balaban J connectivity index is 1.96. The van der Waals surface area contributed by atoms with Crippen LogP contribution in [0.2, 0.25) is 0 Å². The SMILES string of the molecule is NS(=O)(=O)c1ccc(OC(F)(F)F)c(Nc2nc(-c3cccnc3)cs2)c1. The van der Waals surface area contributed by atoms with Crippen molar-refractivity contribution < 1.29 is 26.3 Å². The summed E-state index contributed by atoms with van der Waals surface area (Å²) in [4.78, 5) is 7.85. The van der Waals surface area contributed by atoms with Crippen molar-refractivity contribution in [3.05, 3.63) is 48.1 Å². The summed E-state index contributed by atoms with van der Waals surface area (Å²) in [6, 6.07) is 6.22. The van der Waals surface area contributed by atoms with Crippen molar-refractivity contribution in [2.45, 2.75) is 11.3 Å². The number of nitrogens with zero attached hydrogens (tertiary/aromatic N) is 2. The smallest absolute Gasteiger partial charge is 0.404 e. The van der Waals surface area contributed by atoms with Crippen LogP contribution in [0.3, 0.4) is 0 Å². The van der Waals surface area contributed by atoms with Crippen LogP contribution in [-0.4, -0.2) is 24.7 Å². The zero-order valence-corrected chi connectivity index (χ0v) is 14.9. The molecule has 7 nitrogen and oxygen atoms in total. The average molecular weight is 416 g/mol. The van der Waals surface area contributed by atoms with Crippen LogP contribution in [0.25, 0.3) is 11.3 Å². The molecule has 0 saturated heterocycles. The van der Waals surface area contributed by atoms with E-state index in [-0.39, 0.29) is 15.7 Å². The van der Waals surface area contributed by atoms with Gasteiger partial charge in [-0.05, 0) is 30.3 Å². The van der Waals surface area contributed by atoms with Gasteiger partial charge in [0.2, 0.25) is 10.0 Å². The van der Waals surface area contributed by atoms with Crippen molar-refractivity contribution in [3.8, 4) is 17.0 Å². The minimum Gasteiger partial charge on any atom is -0.404 e. The monoisotopic (exact) mass is 416 g/mol. The quantitative estimate of drug-likeness (QED) is 0.659. The number of alkyl halides is 3. The predicted molar refractivity (Wildman–Crippen MR) is 93.1 cm³/mol. The minimum absolute atomic E-state index is 0.229. The number of benzene rings is 1. The molecule has 0 aliphatic carbocycles. The maximum atomic E-state index is 12.6. The molecule has 142 valence electrons. The molecule has 0 saturated carbocycles. The summed E-state index contributed by atoms with van der Waals surface area (Å²) in [5.74, 6) is -0.618. The van der Waals surface area contributed by atoms with Gasteiger partial charge in [0.1, 0.15) is 0 Å². The molecule has 27 heavy (non-hydrogen) atoms. The number of thiazole rings is 1. The van der Waals surface area contributed by atoms with E-state index < -0.39 is 22.1 Å². The summed E-state index contributed by atoms with van der Waals surface area (Å²) in [6.45, 7) is 0. The number of rotatable bonds is 5. The third-order valence-electron chi connectivity index (χ3n) is 3.21. The Kier molecular flexibility index (Phi) is 5.04. The van der Waals surface area contributed by atoms with Gasteiger partial charge >= 0.3 is 6.36 Å². The lowest BCUT2D eigenvalue weighted by Gasteiger charge is -2.14. The van der Waals surface area contributed by atoms with E-state index in [9.17, 15) is 21.6 Å². The standard InChI is InChI=1S/C15H11F3N4O3S2/c16-15(17,18)25-13-4-3-10(27(19,23)24)6-11(13)21-14-22-12(8-26-14)9-2-1-5-20-7-9/h1-8H,(H,21,22)(H2,19,23,24). The fraction of sp³-hybridized carbons (Fsp3) is 0.0667. The molecule has 0 fully saturated rings. The number of primary sulfonamides is 1. The van der Waals surface area contributed by atoms with E-state index in [0.29, 0.717) is 11.3 Å². The maximum Gasteiger partial charge on any atom is 0.573 e. The van der Waals surface area contributed by atoms with Crippen LogP contribution in [0.15, 0.2) is 53.0 Å². The molecule has 12 heteroatoms.